The van der Waals surface area contributed by atoms with Gasteiger partial charge in [-0.15, -0.1) is 0 Å². The van der Waals surface area contributed by atoms with Gasteiger partial charge in [-0.2, -0.15) is 0 Å². The number of carboxylic acid groups (broad SMARTS) is 1. The maximum atomic E-state index is 13.2. The number of halogens is 2. The summed E-state index contributed by atoms with van der Waals surface area (Å²) in [6.45, 7) is 5.72. The Morgan fingerprint density at radius 3 is 2.43 bits per heavy atom. The molecule has 0 aliphatic carbocycles. The Morgan fingerprint density at radius 1 is 1.24 bits per heavy atom. The van der Waals surface area contributed by atoms with E-state index in [1.165, 1.54) is 12.1 Å². The van der Waals surface area contributed by atoms with Gasteiger partial charge >= 0.3 is 5.97 Å². The molecule has 0 bridgehead atoms. The molecule has 0 radical (unpaired) electrons. The minimum Gasteiger partial charge on any atom is -0.478 e. The van der Waals surface area contributed by atoms with Gasteiger partial charge in [-0.25, -0.2) is 9.18 Å². The van der Waals surface area contributed by atoms with Crippen molar-refractivity contribution in [1.82, 2.24) is 4.98 Å². The maximum Gasteiger partial charge on any atom is 0.337 e. The van der Waals surface area contributed by atoms with Crippen molar-refractivity contribution in [1.29, 1.82) is 0 Å². The Hall–Kier alpha value is -1.75. The molecule has 0 aliphatic heterocycles. The summed E-state index contributed by atoms with van der Waals surface area (Å²) in [6.07, 6.45) is 0. The third-order valence-corrected chi connectivity index (χ3v) is 3.70. The average Bonchev–Trinajstić information content (AvgIpc) is 2.37. The molecular formula is C16H15BrFNO2. The minimum absolute atomic E-state index is 0.185. The van der Waals surface area contributed by atoms with E-state index in [0.717, 1.165) is 5.56 Å². The number of pyridine rings is 1. The lowest BCUT2D eigenvalue weighted by Crippen LogP contribution is -2.19. The lowest BCUT2D eigenvalue weighted by Gasteiger charge is -2.21. The van der Waals surface area contributed by atoms with Gasteiger partial charge in [0.05, 0.1) is 17.0 Å². The molecule has 1 heterocycles. The maximum absolute atomic E-state index is 13.2. The third kappa shape index (κ3) is 3.29. The molecule has 1 aromatic heterocycles. The van der Waals surface area contributed by atoms with Crippen LogP contribution in [0.5, 0.6) is 0 Å². The van der Waals surface area contributed by atoms with Crippen LogP contribution in [0.1, 0.15) is 36.8 Å². The predicted octanol–water partition coefficient (Wildman–Crippen LogP) is 4.65. The van der Waals surface area contributed by atoms with E-state index in [4.69, 9.17) is 0 Å². The summed E-state index contributed by atoms with van der Waals surface area (Å²) in [5.41, 5.74) is 1.61. The fraction of sp³-hybridized carbons (Fsp3) is 0.250. The number of hydrogen-bond acceptors (Lipinski definition) is 2. The summed E-state index contributed by atoms with van der Waals surface area (Å²) in [5, 5.41) is 9.28. The van der Waals surface area contributed by atoms with Crippen LogP contribution in [0.4, 0.5) is 4.39 Å². The molecule has 110 valence electrons. The van der Waals surface area contributed by atoms with Gasteiger partial charge in [0.1, 0.15) is 5.82 Å². The SMILES string of the molecule is CC(C)(C)c1nc(-c2ccc(F)cc2Br)ccc1C(=O)O. The molecule has 1 N–H and O–H groups in total. The monoisotopic (exact) mass is 351 g/mol. The van der Waals surface area contributed by atoms with Crippen LogP contribution in [0.2, 0.25) is 0 Å². The Morgan fingerprint density at radius 2 is 1.90 bits per heavy atom. The standard InChI is InChI=1S/C16H15BrFNO2/c1-16(2,3)14-11(15(20)21)6-7-13(19-14)10-5-4-9(18)8-12(10)17/h4-8H,1-3H3,(H,20,21). The summed E-state index contributed by atoms with van der Waals surface area (Å²) in [5.74, 6) is -1.35. The van der Waals surface area contributed by atoms with Crippen LogP contribution < -0.4 is 0 Å². The Bertz CT molecular complexity index is 708. The van der Waals surface area contributed by atoms with Crippen molar-refractivity contribution >= 4 is 21.9 Å². The number of aromatic nitrogens is 1. The molecule has 0 fully saturated rings. The molecule has 0 saturated carbocycles. The molecule has 0 aliphatic rings. The highest BCUT2D eigenvalue weighted by Crippen LogP contribution is 2.31. The predicted molar refractivity (Wildman–Crippen MR) is 83.0 cm³/mol. The van der Waals surface area contributed by atoms with Crippen molar-refractivity contribution in [3.05, 3.63) is 51.9 Å². The molecule has 0 saturated heterocycles. The highest BCUT2D eigenvalue weighted by molar-refractivity contribution is 9.10. The Kier molecular flexibility index (Phi) is 4.14. The van der Waals surface area contributed by atoms with E-state index in [1.807, 2.05) is 20.8 Å². The van der Waals surface area contributed by atoms with Crippen molar-refractivity contribution < 1.29 is 14.3 Å². The normalized spacial score (nSPS) is 11.5. The Labute approximate surface area is 131 Å². The first-order chi connectivity index (χ1) is 9.70. The summed E-state index contributed by atoms with van der Waals surface area (Å²) >= 11 is 3.31. The van der Waals surface area contributed by atoms with Crippen LogP contribution >= 0.6 is 15.9 Å². The number of hydrogen-bond donors (Lipinski definition) is 1. The van der Waals surface area contributed by atoms with E-state index >= 15 is 0 Å². The van der Waals surface area contributed by atoms with Crippen molar-refractivity contribution in [2.24, 2.45) is 0 Å². The van der Waals surface area contributed by atoms with E-state index in [9.17, 15) is 14.3 Å². The van der Waals surface area contributed by atoms with E-state index < -0.39 is 11.4 Å². The topological polar surface area (TPSA) is 50.2 Å². The van der Waals surface area contributed by atoms with E-state index in [1.54, 1.807) is 18.2 Å². The van der Waals surface area contributed by atoms with Crippen molar-refractivity contribution in [3.63, 3.8) is 0 Å². The van der Waals surface area contributed by atoms with Gasteiger partial charge in [0.2, 0.25) is 0 Å². The third-order valence-electron chi connectivity index (χ3n) is 3.04. The summed E-state index contributed by atoms with van der Waals surface area (Å²) in [4.78, 5) is 15.8. The van der Waals surface area contributed by atoms with Gasteiger partial charge in [-0.3, -0.25) is 4.98 Å². The first-order valence-electron chi connectivity index (χ1n) is 6.40. The van der Waals surface area contributed by atoms with Crippen LogP contribution in [0.25, 0.3) is 11.3 Å². The zero-order chi connectivity index (χ0) is 15.8. The molecule has 2 rings (SSSR count). The molecule has 0 amide bonds. The highest BCUT2D eigenvalue weighted by Gasteiger charge is 2.24. The molecule has 0 unspecified atom stereocenters. The molecule has 1 aromatic carbocycles. The lowest BCUT2D eigenvalue weighted by atomic mass is 9.88. The smallest absolute Gasteiger partial charge is 0.337 e. The van der Waals surface area contributed by atoms with E-state index in [0.29, 0.717) is 15.9 Å². The molecule has 3 nitrogen and oxygen atoms in total. The fourth-order valence-electron chi connectivity index (χ4n) is 2.05. The number of carboxylic acids is 1. The van der Waals surface area contributed by atoms with Crippen LogP contribution in [-0.2, 0) is 5.41 Å². The van der Waals surface area contributed by atoms with Crippen LogP contribution in [-0.4, -0.2) is 16.1 Å². The largest absolute Gasteiger partial charge is 0.478 e. The number of carbonyl (C=O) groups is 1. The number of benzene rings is 1. The van der Waals surface area contributed by atoms with Crippen molar-refractivity contribution in [2.45, 2.75) is 26.2 Å². The molecule has 0 spiro atoms. The second-order valence-electron chi connectivity index (χ2n) is 5.77. The summed E-state index contributed by atoms with van der Waals surface area (Å²) in [7, 11) is 0. The van der Waals surface area contributed by atoms with E-state index in [-0.39, 0.29) is 11.4 Å². The van der Waals surface area contributed by atoms with E-state index in [2.05, 4.69) is 20.9 Å². The summed E-state index contributed by atoms with van der Waals surface area (Å²) < 4.78 is 13.8. The molecular weight excluding hydrogens is 337 g/mol. The number of rotatable bonds is 2. The molecule has 5 heteroatoms. The minimum atomic E-state index is -1.00. The van der Waals surface area contributed by atoms with Gasteiger partial charge in [0.15, 0.2) is 0 Å². The van der Waals surface area contributed by atoms with Gasteiger partial charge in [-0.05, 0) is 46.3 Å². The number of aromatic carboxylic acids is 1. The van der Waals surface area contributed by atoms with Crippen LogP contribution in [0, 0.1) is 5.82 Å². The molecule has 21 heavy (non-hydrogen) atoms. The van der Waals surface area contributed by atoms with Crippen LogP contribution in [0.3, 0.4) is 0 Å². The zero-order valence-electron chi connectivity index (χ0n) is 11.9. The molecule has 0 atom stereocenters. The van der Waals surface area contributed by atoms with Crippen molar-refractivity contribution in [2.75, 3.05) is 0 Å². The number of nitrogens with zero attached hydrogens (tertiary/aromatic N) is 1. The van der Waals surface area contributed by atoms with Gasteiger partial charge in [-0.1, -0.05) is 20.8 Å². The molecule has 2 aromatic rings. The van der Waals surface area contributed by atoms with Gasteiger partial charge in [0, 0.05) is 15.5 Å². The Balaban J connectivity index is 2.64. The fourth-order valence-corrected chi connectivity index (χ4v) is 2.60. The first kappa shape index (κ1) is 15.6. The highest BCUT2D eigenvalue weighted by atomic mass is 79.9. The quantitative estimate of drug-likeness (QED) is 0.856. The van der Waals surface area contributed by atoms with Crippen molar-refractivity contribution in [3.8, 4) is 11.3 Å². The average molecular weight is 352 g/mol. The second kappa shape index (κ2) is 5.56. The lowest BCUT2D eigenvalue weighted by molar-refractivity contribution is 0.0693. The second-order valence-corrected chi connectivity index (χ2v) is 6.63. The van der Waals surface area contributed by atoms with Gasteiger partial charge in [0.25, 0.3) is 0 Å². The zero-order valence-corrected chi connectivity index (χ0v) is 13.5. The summed E-state index contributed by atoms with van der Waals surface area (Å²) in [6, 6.07) is 7.51. The van der Waals surface area contributed by atoms with Crippen LogP contribution in [0.15, 0.2) is 34.8 Å². The van der Waals surface area contributed by atoms with Gasteiger partial charge < -0.3 is 5.11 Å². The first-order valence-corrected chi connectivity index (χ1v) is 7.19.